The summed E-state index contributed by atoms with van der Waals surface area (Å²) in [4.78, 5) is 12.2. The van der Waals surface area contributed by atoms with Gasteiger partial charge >= 0.3 is 0 Å². The predicted molar refractivity (Wildman–Crippen MR) is 98.0 cm³/mol. The lowest BCUT2D eigenvalue weighted by Crippen LogP contribution is -2.36. The van der Waals surface area contributed by atoms with Gasteiger partial charge < -0.3 is 10.6 Å². The molecule has 1 aliphatic rings. The smallest absolute Gasteiger partial charge is 0.224 e. The van der Waals surface area contributed by atoms with Crippen LogP contribution in [0.4, 0.5) is 4.39 Å². The quantitative estimate of drug-likeness (QED) is 0.821. The van der Waals surface area contributed by atoms with Gasteiger partial charge in [0, 0.05) is 23.7 Å². The molecular weight excluding hydrogens is 339 g/mol. The second-order valence-corrected chi connectivity index (χ2v) is 7.03. The minimum atomic E-state index is -0.415. The number of hydrogen-bond donors (Lipinski definition) is 2. The van der Waals surface area contributed by atoms with Crippen molar-refractivity contribution in [2.24, 2.45) is 0 Å². The van der Waals surface area contributed by atoms with E-state index in [1.807, 2.05) is 18.2 Å². The molecule has 0 heterocycles. The van der Waals surface area contributed by atoms with Crippen LogP contribution in [0, 0.1) is 5.82 Å². The van der Waals surface area contributed by atoms with Gasteiger partial charge in [-0.1, -0.05) is 41.9 Å². The first kappa shape index (κ1) is 17.9. The molecule has 0 radical (unpaired) electrons. The van der Waals surface area contributed by atoms with Crippen LogP contribution >= 0.6 is 11.6 Å². The molecule has 2 N–H and O–H groups in total. The summed E-state index contributed by atoms with van der Waals surface area (Å²) < 4.78 is 13.3. The third kappa shape index (κ3) is 5.55. The highest BCUT2D eigenvalue weighted by molar-refractivity contribution is 6.30. The molecule has 0 aliphatic heterocycles. The molecule has 0 unspecified atom stereocenters. The van der Waals surface area contributed by atoms with Crippen LogP contribution in [0.5, 0.6) is 0 Å². The van der Waals surface area contributed by atoms with Crippen molar-refractivity contribution in [2.45, 2.75) is 44.3 Å². The van der Waals surface area contributed by atoms with Gasteiger partial charge in [0.15, 0.2) is 0 Å². The molecule has 25 heavy (non-hydrogen) atoms. The normalized spacial score (nSPS) is 19.8. The zero-order valence-corrected chi connectivity index (χ0v) is 14.7. The molecule has 1 aliphatic carbocycles. The third-order valence-electron chi connectivity index (χ3n) is 4.52. The van der Waals surface area contributed by atoms with E-state index in [1.54, 1.807) is 6.07 Å². The molecular formula is C20H22ClFN2O. The topological polar surface area (TPSA) is 41.1 Å². The molecule has 1 saturated carbocycles. The molecule has 1 fully saturated rings. The lowest BCUT2D eigenvalue weighted by atomic mass is 10.1. The van der Waals surface area contributed by atoms with Gasteiger partial charge in [0.25, 0.3) is 0 Å². The number of halogens is 2. The highest BCUT2D eigenvalue weighted by Gasteiger charge is 2.25. The van der Waals surface area contributed by atoms with Crippen LogP contribution in [-0.4, -0.2) is 18.0 Å². The first-order chi connectivity index (χ1) is 12.1. The minimum Gasteiger partial charge on any atom is -0.353 e. The number of nitrogens with one attached hydrogen (secondary N) is 2. The summed E-state index contributed by atoms with van der Waals surface area (Å²) in [5.41, 5.74) is 1.86. The van der Waals surface area contributed by atoms with Gasteiger partial charge in [-0.2, -0.15) is 0 Å². The van der Waals surface area contributed by atoms with Crippen molar-refractivity contribution in [1.29, 1.82) is 0 Å². The minimum absolute atomic E-state index is 0.0876. The van der Waals surface area contributed by atoms with Crippen LogP contribution in [0.2, 0.25) is 5.02 Å². The van der Waals surface area contributed by atoms with Crippen molar-refractivity contribution in [2.75, 3.05) is 0 Å². The van der Waals surface area contributed by atoms with Crippen LogP contribution in [-0.2, 0) is 17.8 Å². The molecule has 0 saturated heterocycles. The summed E-state index contributed by atoms with van der Waals surface area (Å²) in [5, 5.41) is 6.91. The maximum Gasteiger partial charge on any atom is 0.224 e. The Labute approximate surface area is 152 Å². The van der Waals surface area contributed by atoms with E-state index in [1.165, 1.54) is 17.7 Å². The van der Waals surface area contributed by atoms with E-state index < -0.39 is 5.82 Å². The van der Waals surface area contributed by atoms with Gasteiger partial charge in [0.1, 0.15) is 5.82 Å². The lowest BCUT2D eigenvalue weighted by molar-refractivity contribution is -0.121. The maximum absolute atomic E-state index is 13.3. The van der Waals surface area contributed by atoms with Crippen molar-refractivity contribution in [3.8, 4) is 0 Å². The third-order valence-corrected chi connectivity index (χ3v) is 4.74. The fourth-order valence-electron chi connectivity index (χ4n) is 3.33. The van der Waals surface area contributed by atoms with Gasteiger partial charge in [-0.25, -0.2) is 4.39 Å². The van der Waals surface area contributed by atoms with Crippen LogP contribution in [0.15, 0.2) is 48.5 Å². The Morgan fingerprint density at radius 2 is 1.84 bits per heavy atom. The van der Waals surface area contributed by atoms with Crippen molar-refractivity contribution >= 4 is 17.5 Å². The molecule has 5 heteroatoms. The summed E-state index contributed by atoms with van der Waals surface area (Å²) in [6.07, 6.45) is 3.07. The molecule has 2 aromatic rings. The van der Waals surface area contributed by atoms with Crippen molar-refractivity contribution in [1.82, 2.24) is 10.6 Å². The predicted octanol–water partition coefficient (Wildman–Crippen LogP) is 3.85. The van der Waals surface area contributed by atoms with E-state index in [9.17, 15) is 9.18 Å². The Morgan fingerprint density at radius 1 is 1.08 bits per heavy atom. The van der Waals surface area contributed by atoms with Crippen LogP contribution in [0.1, 0.15) is 30.4 Å². The first-order valence-corrected chi connectivity index (χ1v) is 8.98. The molecule has 1 amide bonds. The van der Waals surface area contributed by atoms with Crippen molar-refractivity contribution in [3.05, 3.63) is 70.5 Å². The fraction of sp³-hybridized carbons (Fsp3) is 0.350. The average Bonchev–Trinajstić information content (AvgIpc) is 3.00. The number of carbonyl (C=O) groups is 1. The van der Waals surface area contributed by atoms with Gasteiger partial charge in [0.05, 0.1) is 6.42 Å². The summed E-state index contributed by atoms with van der Waals surface area (Å²) in [6, 6.07) is 15.1. The zero-order chi connectivity index (χ0) is 17.6. The first-order valence-electron chi connectivity index (χ1n) is 8.60. The summed E-state index contributed by atoms with van der Waals surface area (Å²) in [7, 11) is 0. The van der Waals surface area contributed by atoms with Gasteiger partial charge in [-0.05, 0) is 48.6 Å². The number of hydrogen-bond acceptors (Lipinski definition) is 2. The number of carbonyl (C=O) groups excluding carboxylic acids is 1. The fourth-order valence-corrected chi connectivity index (χ4v) is 3.58. The van der Waals surface area contributed by atoms with Crippen molar-refractivity contribution < 1.29 is 9.18 Å². The molecule has 0 bridgehead atoms. The van der Waals surface area contributed by atoms with Crippen molar-refractivity contribution in [3.63, 3.8) is 0 Å². The summed E-state index contributed by atoms with van der Waals surface area (Å²) in [6.45, 7) is 0.841. The molecule has 2 atom stereocenters. The largest absolute Gasteiger partial charge is 0.353 e. The van der Waals surface area contributed by atoms with E-state index >= 15 is 0 Å². The van der Waals surface area contributed by atoms with E-state index in [2.05, 4.69) is 22.8 Å². The van der Waals surface area contributed by atoms with Crippen LogP contribution < -0.4 is 10.6 Å². The Bertz CT molecular complexity index is 703. The van der Waals surface area contributed by atoms with Crippen LogP contribution in [0.3, 0.4) is 0 Å². The standard InChI is InChI=1S/C20H22ClFN2O/c21-16-8-15(9-17(22)11-16)10-20(25)24-19-7-6-18(12-19)23-13-14-4-2-1-3-5-14/h1-5,8-9,11,18-19,23H,6-7,10,12-13H2,(H,24,25)/t18-,19+/m1/s1. The molecule has 0 aromatic heterocycles. The molecule has 132 valence electrons. The monoisotopic (exact) mass is 360 g/mol. The second-order valence-electron chi connectivity index (χ2n) is 6.60. The summed E-state index contributed by atoms with van der Waals surface area (Å²) in [5.74, 6) is -0.503. The van der Waals surface area contributed by atoms with Gasteiger partial charge in [-0.15, -0.1) is 0 Å². The molecule has 0 spiro atoms. The molecule has 3 nitrogen and oxygen atoms in total. The Kier molecular flexibility index (Phi) is 6.05. The number of rotatable bonds is 6. The Morgan fingerprint density at radius 3 is 2.60 bits per heavy atom. The maximum atomic E-state index is 13.3. The highest BCUT2D eigenvalue weighted by Crippen LogP contribution is 2.20. The zero-order valence-electron chi connectivity index (χ0n) is 14.0. The van der Waals surface area contributed by atoms with Gasteiger partial charge in [-0.3, -0.25) is 4.79 Å². The Hall–Kier alpha value is -1.91. The van der Waals surface area contributed by atoms with Crippen LogP contribution in [0.25, 0.3) is 0 Å². The number of amides is 1. The summed E-state index contributed by atoms with van der Waals surface area (Å²) >= 11 is 5.83. The average molecular weight is 361 g/mol. The number of benzene rings is 2. The molecule has 3 rings (SSSR count). The van der Waals surface area contributed by atoms with E-state index in [0.29, 0.717) is 16.6 Å². The highest BCUT2D eigenvalue weighted by atomic mass is 35.5. The van der Waals surface area contributed by atoms with E-state index in [-0.39, 0.29) is 18.4 Å². The van der Waals surface area contributed by atoms with E-state index in [0.717, 1.165) is 25.8 Å². The Balaban J connectivity index is 1.43. The molecule has 2 aromatic carbocycles. The SMILES string of the molecule is O=C(Cc1cc(F)cc(Cl)c1)N[C@H]1CC[C@@H](NCc2ccccc2)C1. The lowest BCUT2D eigenvalue weighted by Gasteiger charge is -2.15. The van der Waals surface area contributed by atoms with E-state index in [4.69, 9.17) is 11.6 Å². The second kappa shape index (κ2) is 8.45. The van der Waals surface area contributed by atoms with Gasteiger partial charge in [0.2, 0.25) is 5.91 Å².